The third-order valence-corrected chi connectivity index (χ3v) is 3.09. The molecule has 0 N–H and O–H groups in total. The van der Waals surface area contributed by atoms with E-state index in [1.54, 1.807) is 13.0 Å². The molecule has 0 amide bonds. The van der Waals surface area contributed by atoms with Crippen molar-refractivity contribution < 1.29 is 13.9 Å². The summed E-state index contributed by atoms with van der Waals surface area (Å²) in [5.41, 5.74) is 1.38. The second kappa shape index (κ2) is 4.39. The molecule has 0 spiro atoms. The SMILES string of the molecule is CCOC(=O)n1c2ccccc2c2cc(F)ccc21. The van der Waals surface area contributed by atoms with Gasteiger partial charge in [0.05, 0.1) is 17.6 Å². The predicted octanol–water partition coefficient (Wildman–Crippen LogP) is 3.94. The summed E-state index contributed by atoms with van der Waals surface area (Å²) in [6.07, 6.45) is -0.444. The van der Waals surface area contributed by atoms with E-state index in [-0.39, 0.29) is 5.82 Å². The molecule has 4 heteroatoms. The number of rotatable bonds is 1. The molecule has 0 unspecified atom stereocenters. The number of halogens is 1. The first-order valence-corrected chi connectivity index (χ1v) is 6.08. The predicted molar refractivity (Wildman–Crippen MR) is 71.8 cm³/mol. The summed E-state index contributed by atoms with van der Waals surface area (Å²) in [5.74, 6) is -0.320. The van der Waals surface area contributed by atoms with Crippen LogP contribution in [0.25, 0.3) is 21.8 Å². The van der Waals surface area contributed by atoms with Gasteiger partial charge in [0.15, 0.2) is 0 Å². The highest BCUT2D eigenvalue weighted by Crippen LogP contribution is 2.29. The van der Waals surface area contributed by atoms with Crippen LogP contribution in [0.3, 0.4) is 0 Å². The van der Waals surface area contributed by atoms with Crippen LogP contribution in [0.15, 0.2) is 42.5 Å². The summed E-state index contributed by atoms with van der Waals surface area (Å²) in [6.45, 7) is 2.06. The molecule has 3 aromatic rings. The number of hydrogen-bond donors (Lipinski definition) is 0. The fourth-order valence-electron chi connectivity index (χ4n) is 2.33. The summed E-state index contributed by atoms with van der Waals surface area (Å²) in [6, 6.07) is 11.8. The van der Waals surface area contributed by atoms with E-state index in [9.17, 15) is 9.18 Å². The number of aromatic nitrogens is 1. The lowest BCUT2D eigenvalue weighted by Crippen LogP contribution is -2.12. The maximum atomic E-state index is 13.4. The Morgan fingerprint density at radius 3 is 2.68 bits per heavy atom. The molecule has 3 nitrogen and oxygen atoms in total. The standard InChI is InChI=1S/C15H12FNO2/c1-2-19-15(18)17-13-6-4-3-5-11(13)12-9-10(16)7-8-14(12)17/h3-9H,2H2,1H3. The Morgan fingerprint density at radius 2 is 1.89 bits per heavy atom. The third-order valence-electron chi connectivity index (χ3n) is 3.09. The Morgan fingerprint density at radius 1 is 1.16 bits per heavy atom. The number of carbonyl (C=O) groups is 1. The first-order chi connectivity index (χ1) is 9.22. The normalized spacial score (nSPS) is 11.1. The molecule has 0 radical (unpaired) electrons. The van der Waals surface area contributed by atoms with Crippen molar-refractivity contribution in [2.45, 2.75) is 6.92 Å². The summed E-state index contributed by atoms with van der Waals surface area (Å²) >= 11 is 0. The maximum absolute atomic E-state index is 13.4. The molecular formula is C15H12FNO2. The quantitative estimate of drug-likeness (QED) is 0.661. The summed E-state index contributed by atoms with van der Waals surface area (Å²) in [7, 11) is 0. The Labute approximate surface area is 109 Å². The smallest absolute Gasteiger partial charge is 0.418 e. The molecule has 3 rings (SSSR count). The number of para-hydroxylation sites is 1. The van der Waals surface area contributed by atoms with E-state index in [1.807, 2.05) is 24.3 Å². The fourth-order valence-corrected chi connectivity index (χ4v) is 2.33. The van der Waals surface area contributed by atoms with Gasteiger partial charge in [-0.3, -0.25) is 0 Å². The van der Waals surface area contributed by atoms with Crippen LogP contribution in [0, 0.1) is 5.82 Å². The van der Waals surface area contributed by atoms with Crippen LogP contribution >= 0.6 is 0 Å². The van der Waals surface area contributed by atoms with E-state index < -0.39 is 6.09 Å². The van der Waals surface area contributed by atoms with Crippen molar-refractivity contribution in [1.82, 2.24) is 4.57 Å². The first-order valence-electron chi connectivity index (χ1n) is 6.08. The highest BCUT2D eigenvalue weighted by Gasteiger charge is 2.16. The summed E-state index contributed by atoms with van der Waals surface area (Å²) < 4.78 is 19.9. The number of carbonyl (C=O) groups excluding carboxylic acids is 1. The van der Waals surface area contributed by atoms with Crippen molar-refractivity contribution in [3.05, 3.63) is 48.3 Å². The largest absolute Gasteiger partial charge is 0.449 e. The van der Waals surface area contributed by atoms with Crippen LogP contribution in [0.1, 0.15) is 6.92 Å². The Hall–Kier alpha value is -2.36. The molecule has 0 aliphatic carbocycles. The maximum Gasteiger partial charge on any atom is 0.418 e. The van der Waals surface area contributed by atoms with Gasteiger partial charge < -0.3 is 4.74 Å². The molecule has 0 fully saturated rings. The van der Waals surface area contributed by atoms with E-state index in [4.69, 9.17) is 4.74 Å². The fraction of sp³-hybridized carbons (Fsp3) is 0.133. The van der Waals surface area contributed by atoms with Crippen molar-refractivity contribution in [1.29, 1.82) is 0 Å². The van der Waals surface area contributed by atoms with Crippen molar-refractivity contribution >= 4 is 27.9 Å². The Balaban J connectivity index is 2.42. The second-order valence-corrected chi connectivity index (χ2v) is 4.21. The van der Waals surface area contributed by atoms with E-state index in [0.29, 0.717) is 17.5 Å². The van der Waals surface area contributed by atoms with Crippen LogP contribution in [0.2, 0.25) is 0 Å². The van der Waals surface area contributed by atoms with Crippen molar-refractivity contribution in [2.75, 3.05) is 6.61 Å². The molecule has 1 aromatic heterocycles. The second-order valence-electron chi connectivity index (χ2n) is 4.21. The van der Waals surface area contributed by atoms with Crippen LogP contribution in [0.5, 0.6) is 0 Å². The van der Waals surface area contributed by atoms with Crippen LogP contribution in [-0.2, 0) is 4.74 Å². The zero-order chi connectivity index (χ0) is 13.4. The van der Waals surface area contributed by atoms with Gasteiger partial charge in [0.2, 0.25) is 0 Å². The average molecular weight is 257 g/mol. The van der Waals surface area contributed by atoms with E-state index in [1.165, 1.54) is 16.7 Å². The number of hydrogen-bond acceptors (Lipinski definition) is 2. The number of fused-ring (bicyclic) bond motifs is 3. The minimum Gasteiger partial charge on any atom is -0.449 e. The zero-order valence-corrected chi connectivity index (χ0v) is 10.4. The molecule has 0 atom stereocenters. The van der Waals surface area contributed by atoms with Crippen LogP contribution in [0.4, 0.5) is 9.18 Å². The van der Waals surface area contributed by atoms with Gasteiger partial charge in [-0.2, -0.15) is 0 Å². The molecule has 0 saturated heterocycles. The van der Waals surface area contributed by atoms with Crippen LogP contribution < -0.4 is 0 Å². The van der Waals surface area contributed by atoms with Gasteiger partial charge in [-0.25, -0.2) is 13.8 Å². The topological polar surface area (TPSA) is 31.2 Å². The molecule has 0 aliphatic heterocycles. The Kier molecular flexibility index (Phi) is 2.71. The lowest BCUT2D eigenvalue weighted by molar-refractivity contribution is 0.156. The van der Waals surface area contributed by atoms with E-state index in [2.05, 4.69) is 0 Å². The number of benzene rings is 2. The molecule has 0 saturated carbocycles. The third kappa shape index (κ3) is 1.76. The molecule has 0 aliphatic rings. The highest BCUT2D eigenvalue weighted by atomic mass is 19.1. The number of ether oxygens (including phenoxy) is 1. The van der Waals surface area contributed by atoms with Gasteiger partial charge >= 0.3 is 6.09 Å². The first kappa shape index (κ1) is 11.7. The van der Waals surface area contributed by atoms with Gasteiger partial charge in [-0.15, -0.1) is 0 Å². The Bertz CT molecular complexity index is 776. The van der Waals surface area contributed by atoms with Crippen molar-refractivity contribution in [2.24, 2.45) is 0 Å². The molecule has 2 aromatic carbocycles. The minimum atomic E-state index is -0.444. The minimum absolute atomic E-state index is 0.300. The van der Waals surface area contributed by atoms with Crippen LogP contribution in [-0.4, -0.2) is 17.3 Å². The lowest BCUT2D eigenvalue weighted by Gasteiger charge is -2.05. The zero-order valence-electron chi connectivity index (χ0n) is 10.4. The molecule has 1 heterocycles. The van der Waals surface area contributed by atoms with E-state index in [0.717, 1.165) is 10.9 Å². The summed E-state index contributed by atoms with van der Waals surface area (Å²) in [5, 5.41) is 1.55. The van der Waals surface area contributed by atoms with Gasteiger partial charge in [0.25, 0.3) is 0 Å². The van der Waals surface area contributed by atoms with Gasteiger partial charge in [0.1, 0.15) is 5.82 Å². The lowest BCUT2D eigenvalue weighted by atomic mass is 10.1. The van der Waals surface area contributed by atoms with Gasteiger partial charge in [-0.05, 0) is 31.2 Å². The molecular weight excluding hydrogens is 245 g/mol. The van der Waals surface area contributed by atoms with Gasteiger partial charge in [-0.1, -0.05) is 18.2 Å². The number of nitrogens with zero attached hydrogens (tertiary/aromatic N) is 1. The molecule has 19 heavy (non-hydrogen) atoms. The van der Waals surface area contributed by atoms with Crippen molar-refractivity contribution in [3.63, 3.8) is 0 Å². The monoisotopic (exact) mass is 257 g/mol. The van der Waals surface area contributed by atoms with Crippen molar-refractivity contribution in [3.8, 4) is 0 Å². The summed E-state index contributed by atoms with van der Waals surface area (Å²) in [4.78, 5) is 12.1. The molecule has 0 bridgehead atoms. The average Bonchev–Trinajstić information content (AvgIpc) is 2.73. The highest BCUT2D eigenvalue weighted by molar-refractivity contribution is 6.12. The molecule has 96 valence electrons. The van der Waals surface area contributed by atoms with E-state index >= 15 is 0 Å². The van der Waals surface area contributed by atoms with Gasteiger partial charge in [0, 0.05) is 10.8 Å².